The first-order valence-corrected chi connectivity index (χ1v) is 10.3. The van der Waals surface area contributed by atoms with Gasteiger partial charge in [0.2, 0.25) is 0 Å². The Kier molecular flexibility index (Phi) is 7.62. The molecule has 0 aliphatic rings. The SMILES string of the molecule is O=C(N/N=C\c1ccc(OCc2ccc([N+](=O)[O-])cc2)c(Br)c1)c1ccc(Cl)cc1Cl. The Labute approximate surface area is 195 Å². The lowest BCUT2D eigenvalue weighted by molar-refractivity contribution is -0.384. The zero-order valence-corrected chi connectivity index (χ0v) is 18.8. The van der Waals surface area contributed by atoms with Crippen molar-refractivity contribution in [3.05, 3.63) is 102 Å². The maximum Gasteiger partial charge on any atom is 0.272 e. The van der Waals surface area contributed by atoms with Gasteiger partial charge in [-0.2, -0.15) is 5.10 Å². The van der Waals surface area contributed by atoms with Crippen LogP contribution in [0.25, 0.3) is 0 Å². The van der Waals surface area contributed by atoms with E-state index >= 15 is 0 Å². The number of nitrogens with zero attached hydrogens (tertiary/aromatic N) is 2. The molecule has 31 heavy (non-hydrogen) atoms. The van der Waals surface area contributed by atoms with E-state index in [0.717, 1.165) is 11.1 Å². The maximum atomic E-state index is 12.1. The number of carbonyl (C=O) groups is 1. The van der Waals surface area contributed by atoms with Crippen LogP contribution in [0, 0.1) is 10.1 Å². The summed E-state index contributed by atoms with van der Waals surface area (Å²) < 4.78 is 6.43. The summed E-state index contributed by atoms with van der Waals surface area (Å²) >= 11 is 15.3. The first-order valence-electron chi connectivity index (χ1n) is 8.77. The topological polar surface area (TPSA) is 93.8 Å². The van der Waals surface area contributed by atoms with Gasteiger partial charge < -0.3 is 4.74 Å². The monoisotopic (exact) mass is 521 g/mol. The number of nitrogens with one attached hydrogen (secondary N) is 1. The Morgan fingerprint density at radius 2 is 1.87 bits per heavy atom. The quantitative estimate of drug-likeness (QED) is 0.233. The van der Waals surface area contributed by atoms with Crippen molar-refractivity contribution in [2.45, 2.75) is 6.61 Å². The molecule has 7 nitrogen and oxygen atoms in total. The normalized spacial score (nSPS) is 10.8. The molecule has 3 rings (SSSR count). The fraction of sp³-hybridized carbons (Fsp3) is 0.0476. The molecule has 0 unspecified atom stereocenters. The molecule has 10 heteroatoms. The van der Waals surface area contributed by atoms with E-state index < -0.39 is 10.8 Å². The molecule has 0 spiro atoms. The van der Waals surface area contributed by atoms with E-state index in [-0.39, 0.29) is 22.9 Å². The van der Waals surface area contributed by atoms with Gasteiger partial charge in [0.05, 0.1) is 26.2 Å². The number of nitro benzene ring substituents is 1. The summed E-state index contributed by atoms with van der Waals surface area (Å²) in [5, 5.41) is 15.3. The van der Waals surface area contributed by atoms with E-state index in [0.29, 0.717) is 15.2 Å². The Bertz CT molecular complexity index is 1150. The van der Waals surface area contributed by atoms with Gasteiger partial charge in [-0.1, -0.05) is 23.2 Å². The van der Waals surface area contributed by atoms with Crippen molar-refractivity contribution in [1.82, 2.24) is 5.43 Å². The molecule has 3 aromatic carbocycles. The predicted octanol–water partition coefficient (Wildman–Crippen LogP) is 6.01. The minimum Gasteiger partial charge on any atom is -0.488 e. The minimum atomic E-state index is -0.458. The van der Waals surface area contributed by atoms with Crippen LogP contribution in [0.4, 0.5) is 5.69 Å². The van der Waals surface area contributed by atoms with Crippen molar-refractivity contribution in [3.8, 4) is 5.75 Å². The Morgan fingerprint density at radius 1 is 1.13 bits per heavy atom. The van der Waals surface area contributed by atoms with Crippen LogP contribution in [-0.4, -0.2) is 17.0 Å². The van der Waals surface area contributed by atoms with Gasteiger partial charge in [-0.15, -0.1) is 0 Å². The fourth-order valence-corrected chi connectivity index (χ4v) is 3.49. The third-order valence-corrected chi connectivity index (χ3v) is 5.22. The number of benzene rings is 3. The first-order chi connectivity index (χ1) is 14.8. The smallest absolute Gasteiger partial charge is 0.272 e. The lowest BCUT2D eigenvalue weighted by Crippen LogP contribution is -2.18. The highest BCUT2D eigenvalue weighted by atomic mass is 79.9. The van der Waals surface area contributed by atoms with Crippen LogP contribution >= 0.6 is 39.1 Å². The second kappa shape index (κ2) is 10.4. The molecule has 3 aromatic rings. The maximum absolute atomic E-state index is 12.1. The van der Waals surface area contributed by atoms with Crippen molar-refractivity contribution in [1.29, 1.82) is 0 Å². The molecule has 0 atom stereocenters. The molecule has 0 aromatic heterocycles. The number of halogens is 3. The van der Waals surface area contributed by atoms with E-state index in [1.54, 1.807) is 36.4 Å². The highest BCUT2D eigenvalue weighted by molar-refractivity contribution is 9.10. The van der Waals surface area contributed by atoms with Crippen molar-refractivity contribution in [2.75, 3.05) is 0 Å². The van der Waals surface area contributed by atoms with Crippen LogP contribution in [0.2, 0.25) is 10.0 Å². The Balaban J connectivity index is 1.58. The third kappa shape index (κ3) is 6.27. The number of carbonyl (C=O) groups excluding carboxylic acids is 1. The predicted molar refractivity (Wildman–Crippen MR) is 123 cm³/mol. The number of hydrogen-bond acceptors (Lipinski definition) is 5. The summed E-state index contributed by atoms with van der Waals surface area (Å²) in [6.45, 7) is 0.252. The molecule has 1 N–H and O–H groups in total. The lowest BCUT2D eigenvalue weighted by Gasteiger charge is -2.09. The second-order valence-electron chi connectivity index (χ2n) is 6.23. The zero-order valence-electron chi connectivity index (χ0n) is 15.7. The van der Waals surface area contributed by atoms with Crippen LogP contribution in [-0.2, 0) is 6.61 Å². The molecule has 0 bridgehead atoms. The molecule has 0 aliphatic heterocycles. The van der Waals surface area contributed by atoms with Crippen LogP contribution in [0.3, 0.4) is 0 Å². The lowest BCUT2D eigenvalue weighted by atomic mass is 10.2. The average molecular weight is 523 g/mol. The van der Waals surface area contributed by atoms with E-state index in [1.807, 2.05) is 0 Å². The van der Waals surface area contributed by atoms with Gasteiger partial charge >= 0.3 is 0 Å². The summed E-state index contributed by atoms with van der Waals surface area (Å²) in [6.07, 6.45) is 1.48. The molecular formula is C21H14BrCl2N3O4. The summed E-state index contributed by atoms with van der Waals surface area (Å²) in [6, 6.07) is 16.0. The number of ether oxygens (including phenoxy) is 1. The van der Waals surface area contributed by atoms with Gasteiger partial charge in [-0.3, -0.25) is 14.9 Å². The molecule has 1 amide bonds. The number of nitro groups is 1. The molecule has 0 saturated heterocycles. The van der Waals surface area contributed by atoms with Gasteiger partial charge in [0.1, 0.15) is 12.4 Å². The van der Waals surface area contributed by atoms with Crippen molar-refractivity contribution < 1.29 is 14.5 Å². The van der Waals surface area contributed by atoms with E-state index in [1.165, 1.54) is 30.5 Å². The number of hydrazone groups is 1. The molecule has 0 radical (unpaired) electrons. The number of amides is 1. The van der Waals surface area contributed by atoms with Crippen LogP contribution in [0.1, 0.15) is 21.5 Å². The first kappa shape index (κ1) is 22.7. The van der Waals surface area contributed by atoms with Crippen molar-refractivity contribution >= 4 is 56.9 Å². The van der Waals surface area contributed by atoms with Gasteiger partial charge in [-0.25, -0.2) is 5.43 Å². The largest absolute Gasteiger partial charge is 0.488 e. The van der Waals surface area contributed by atoms with Crippen LogP contribution in [0.15, 0.2) is 70.2 Å². The Hall–Kier alpha value is -2.94. The van der Waals surface area contributed by atoms with Gasteiger partial charge in [0.25, 0.3) is 11.6 Å². The minimum absolute atomic E-state index is 0.0268. The van der Waals surface area contributed by atoms with Crippen molar-refractivity contribution in [2.24, 2.45) is 5.10 Å². The van der Waals surface area contributed by atoms with Gasteiger partial charge in [-0.05, 0) is 75.6 Å². The zero-order chi connectivity index (χ0) is 22.4. The molecule has 158 valence electrons. The standard InChI is InChI=1S/C21H14BrCl2N3O4/c22-18-9-14(11-25-26-21(28)17-7-4-15(23)10-19(17)24)3-8-20(18)31-12-13-1-5-16(6-2-13)27(29)30/h1-11H,12H2,(H,26,28)/b25-11-. The van der Waals surface area contributed by atoms with Gasteiger partial charge in [0, 0.05) is 17.2 Å². The molecule has 0 aliphatic carbocycles. The number of hydrogen-bond donors (Lipinski definition) is 1. The van der Waals surface area contributed by atoms with Crippen LogP contribution < -0.4 is 10.2 Å². The van der Waals surface area contributed by atoms with E-state index in [4.69, 9.17) is 27.9 Å². The molecule has 0 fully saturated rings. The summed E-state index contributed by atoms with van der Waals surface area (Å²) in [7, 11) is 0. The molecule has 0 heterocycles. The fourth-order valence-electron chi connectivity index (χ4n) is 2.49. The van der Waals surface area contributed by atoms with Gasteiger partial charge in [0.15, 0.2) is 0 Å². The summed E-state index contributed by atoms with van der Waals surface area (Å²) in [5.41, 5.74) is 4.22. The summed E-state index contributed by atoms with van der Waals surface area (Å²) in [4.78, 5) is 22.4. The Morgan fingerprint density at radius 3 is 2.52 bits per heavy atom. The molecular weight excluding hydrogens is 509 g/mol. The van der Waals surface area contributed by atoms with E-state index in [9.17, 15) is 14.9 Å². The second-order valence-corrected chi connectivity index (χ2v) is 7.92. The number of non-ortho nitro benzene ring substituents is 1. The highest BCUT2D eigenvalue weighted by Gasteiger charge is 2.10. The number of rotatable bonds is 7. The van der Waals surface area contributed by atoms with E-state index in [2.05, 4.69) is 26.5 Å². The average Bonchev–Trinajstić information content (AvgIpc) is 2.73. The van der Waals surface area contributed by atoms with Crippen LogP contribution in [0.5, 0.6) is 5.75 Å². The highest BCUT2D eigenvalue weighted by Crippen LogP contribution is 2.27. The summed E-state index contributed by atoms with van der Waals surface area (Å²) in [5.74, 6) is 0.132. The third-order valence-electron chi connectivity index (χ3n) is 4.05. The van der Waals surface area contributed by atoms with Crippen molar-refractivity contribution in [3.63, 3.8) is 0 Å². The molecule has 0 saturated carbocycles.